The highest BCUT2D eigenvalue weighted by molar-refractivity contribution is 5.77. The van der Waals surface area contributed by atoms with Gasteiger partial charge in [0, 0.05) is 5.56 Å². The van der Waals surface area contributed by atoms with Gasteiger partial charge in [-0.25, -0.2) is 4.79 Å². The molecule has 16 heavy (non-hydrogen) atoms. The molecular formula is C12H16O4. The highest BCUT2D eigenvalue weighted by atomic mass is 16.6. The van der Waals surface area contributed by atoms with Crippen LogP contribution < -0.4 is 0 Å². The van der Waals surface area contributed by atoms with Crippen molar-refractivity contribution in [1.82, 2.24) is 0 Å². The molecule has 4 nitrogen and oxygen atoms in total. The molecule has 0 amide bonds. The van der Waals surface area contributed by atoms with Crippen LogP contribution in [0.25, 0.3) is 0 Å². The molecule has 2 N–H and O–H groups in total. The molecule has 0 aromatic heterocycles. The summed E-state index contributed by atoms with van der Waals surface area (Å²) < 4.78 is 5.07. The maximum Gasteiger partial charge on any atom is 0.369 e. The number of carboxylic acid groups (broad SMARTS) is 1. The lowest BCUT2D eigenvalue weighted by atomic mass is 10.1. The normalized spacial score (nSPS) is 14.4. The monoisotopic (exact) mass is 224 g/mol. The molecule has 0 bridgehead atoms. The van der Waals surface area contributed by atoms with Crippen LogP contribution >= 0.6 is 0 Å². The van der Waals surface area contributed by atoms with Gasteiger partial charge in [-0.2, -0.15) is 0 Å². The second kappa shape index (κ2) is 5.63. The Labute approximate surface area is 94.5 Å². The first kappa shape index (κ1) is 12.7. The lowest BCUT2D eigenvalue weighted by molar-refractivity contribution is -0.229. The second-order valence-electron chi connectivity index (χ2n) is 3.52. The predicted octanol–water partition coefficient (Wildman–Crippen LogP) is 1.73. The first-order chi connectivity index (χ1) is 7.61. The van der Waals surface area contributed by atoms with Gasteiger partial charge in [-0.1, -0.05) is 43.7 Å². The maximum absolute atomic E-state index is 11.0. The van der Waals surface area contributed by atoms with Crippen molar-refractivity contribution in [3.8, 4) is 0 Å². The fourth-order valence-electron chi connectivity index (χ4n) is 1.30. The highest BCUT2D eigenvalue weighted by Crippen LogP contribution is 2.23. The van der Waals surface area contributed by atoms with E-state index in [4.69, 9.17) is 9.84 Å². The minimum absolute atomic E-state index is 0.216. The average Bonchev–Trinajstić information content (AvgIpc) is 2.30. The van der Waals surface area contributed by atoms with E-state index in [-0.39, 0.29) is 12.2 Å². The van der Waals surface area contributed by atoms with Gasteiger partial charge in [0.2, 0.25) is 0 Å². The van der Waals surface area contributed by atoms with E-state index in [9.17, 15) is 9.90 Å². The maximum atomic E-state index is 11.0. The van der Waals surface area contributed by atoms with Gasteiger partial charge in [0.25, 0.3) is 5.79 Å². The molecule has 0 aliphatic carbocycles. The Balaban J connectivity index is 2.85. The summed E-state index contributed by atoms with van der Waals surface area (Å²) in [4.78, 5) is 11.0. The van der Waals surface area contributed by atoms with Crippen molar-refractivity contribution in [2.75, 3.05) is 6.61 Å². The minimum atomic E-state index is -2.24. The smallest absolute Gasteiger partial charge is 0.369 e. The second-order valence-corrected chi connectivity index (χ2v) is 3.52. The van der Waals surface area contributed by atoms with Crippen molar-refractivity contribution in [1.29, 1.82) is 0 Å². The Hall–Kier alpha value is -1.39. The number of aliphatic carboxylic acids is 1. The van der Waals surface area contributed by atoms with Crippen LogP contribution in [0, 0.1) is 0 Å². The van der Waals surface area contributed by atoms with E-state index in [0.717, 1.165) is 6.42 Å². The summed E-state index contributed by atoms with van der Waals surface area (Å²) >= 11 is 0. The van der Waals surface area contributed by atoms with Crippen LogP contribution in [0.4, 0.5) is 0 Å². The van der Waals surface area contributed by atoms with Gasteiger partial charge >= 0.3 is 5.97 Å². The Bertz CT molecular complexity index is 336. The van der Waals surface area contributed by atoms with Gasteiger partial charge in [0.15, 0.2) is 0 Å². The van der Waals surface area contributed by atoms with Crippen molar-refractivity contribution >= 4 is 5.97 Å². The third-order valence-corrected chi connectivity index (χ3v) is 2.26. The van der Waals surface area contributed by atoms with E-state index in [2.05, 4.69) is 0 Å². The average molecular weight is 224 g/mol. The van der Waals surface area contributed by atoms with Gasteiger partial charge in [0.1, 0.15) is 0 Å². The van der Waals surface area contributed by atoms with E-state index < -0.39 is 11.8 Å². The Kier molecular flexibility index (Phi) is 4.46. The van der Waals surface area contributed by atoms with Crippen molar-refractivity contribution in [2.24, 2.45) is 0 Å². The number of ether oxygens (including phenoxy) is 1. The van der Waals surface area contributed by atoms with Crippen molar-refractivity contribution in [2.45, 2.75) is 25.6 Å². The van der Waals surface area contributed by atoms with E-state index in [1.807, 2.05) is 6.92 Å². The summed E-state index contributed by atoms with van der Waals surface area (Å²) in [6, 6.07) is 8.12. The molecule has 0 aliphatic heterocycles. The summed E-state index contributed by atoms with van der Waals surface area (Å²) in [7, 11) is 0. The predicted molar refractivity (Wildman–Crippen MR) is 58.8 cm³/mol. The van der Waals surface area contributed by atoms with Crippen molar-refractivity contribution < 1.29 is 19.7 Å². The molecule has 0 saturated carbocycles. The van der Waals surface area contributed by atoms with Gasteiger partial charge in [0.05, 0.1) is 6.61 Å². The van der Waals surface area contributed by atoms with Crippen LogP contribution in [-0.2, 0) is 15.3 Å². The molecule has 1 rings (SSSR count). The summed E-state index contributed by atoms with van der Waals surface area (Å²) in [5, 5.41) is 19.0. The number of carboxylic acids is 1. The molecule has 1 unspecified atom stereocenters. The van der Waals surface area contributed by atoms with Crippen molar-refractivity contribution in [3.05, 3.63) is 35.9 Å². The Morgan fingerprint density at radius 2 is 2.00 bits per heavy atom. The van der Waals surface area contributed by atoms with Crippen molar-refractivity contribution in [3.63, 3.8) is 0 Å². The molecule has 0 radical (unpaired) electrons. The number of benzene rings is 1. The third kappa shape index (κ3) is 2.81. The summed E-state index contributed by atoms with van der Waals surface area (Å²) in [5.74, 6) is -3.63. The standard InChI is InChI=1S/C12H16O4/c1-2-3-9-16-12(15,11(13)14)10-7-5-4-6-8-10/h4-8,15H,2-3,9H2,1H3,(H,13,14). The van der Waals surface area contributed by atoms with E-state index >= 15 is 0 Å². The summed E-state index contributed by atoms with van der Waals surface area (Å²) in [5.41, 5.74) is 0.235. The number of rotatable bonds is 6. The molecule has 0 fully saturated rings. The molecule has 0 heterocycles. The van der Waals surface area contributed by atoms with E-state index in [1.54, 1.807) is 18.2 Å². The van der Waals surface area contributed by atoms with Crippen LogP contribution in [-0.4, -0.2) is 22.8 Å². The molecular weight excluding hydrogens is 208 g/mol. The molecule has 4 heteroatoms. The lowest BCUT2D eigenvalue weighted by Crippen LogP contribution is -2.38. The topological polar surface area (TPSA) is 66.8 Å². The van der Waals surface area contributed by atoms with E-state index in [1.165, 1.54) is 12.1 Å². The van der Waals surface area contributed by atoms with Crippen LogP contribution in [0.2, 0.25) is 0 Å². The Morgan fingerprint density at radius 1 is 1.38 bits per heavy atom. The summed E-state index contributed by atoms with van der Waals surface area (Å²) in [6.45, 7) is 2.18. The lowest BCUT2D eigenvalue weighted by Gasteiger charge is -2.23. The molecule has 0 aliphatic rings. The van der Waals surface area contributed by atoms with Crippen LogP contribution in [0.5, 0.6) is 0 Å². The largest absolute Gasteiger partial charge is 0.477 e. The van der Waals surface area contributed by atoms with Gasteiger partial charge in [-0.15, -0.1) is 0 Å². The number of unbranched alkanes of at least 4 members (excludes halogenated alkanes) is 1. The number of hydrogen-bond donors (Lipinski definition) is 2. The highest BCUT2D eigenvalue weighted by Gasteiger charge is 2.39. The third-order valence-electron chi connectivity index (χ3n) is 2.26. The molecule has 0 saturated heterocycles. The van der Waals surface area contributed by atoms with Gasteiger partial charge in [-0.3, -0.25) is 0 Å². The number of hydrogen-bond acceptors (Lipinski definition) is 3. The summed E-state index contributed by atoms with van der Waals surface area (Å²) in [6.07, 6.45) is 1.59. The fourth-order valence-corrected chi connectivity index (χ4v) is 1.30. The zero-order valence-electron chi connectivity index (χ0n) is 9.22. The molecule has 1 atom stereocenters. The van der Waals surface area contributed by atoms with Gasteiger partial charge < -0.3 is 14.9 Å². The zero-order valence-corrected chi connectivity index (χ0v) is 9.22. The first-order valence-corrected chi connectivity index (χ1v) is 5.26. The quantitative estimate of drug-likeness (QED) is 0.570. The molecule has 0 spiro atoms. The van der Waals surface area contributed by atoms with Crippen LogP contribution in [0.1, 0.15) is 25.3 Å². The fraction of sp³-hybridized carbons (Fsp3) is 0.417. The molecule has 1 aromatic rings. The first-order valence-electron chi connectivity index (χ1n) is 5.26. The zero-order chi connectivity index (χ0) is 12.0. The van der Waals surface area contributed by atoms with Crippen LogP contribution in [0.15, 0.2) is 30.3 Å². The molecule has 88 valence electrons. The van der Waals surface area contributed by atoms with E-state index in [0.29, 0.717) is 6.42 Å². The Morgan fingerprint density at radius 3 is 2.50 bits per heavy atom. The minimum Gasteiger partial charge on any atom is -0.477 e. The SMILES string of the molecule is CCCCOC(O)(C(=O)O)c1ccccc1. The number of carbonyl (C=O) groups is 1. The van der Waals surface area contributed by atoms with Crippen LogP contribution in [0.3, 0.4) is 0 Å². The van der Waals surface area contributed by atoms with Gasteiger partial charge in [-0.05, 0) is 6.42 Å². The number of aliphatic hydroxyl groups is 1. The molecule has 1 aromatic carbocycles.